The topological polar surface area (TPSA) is 37.4 Å². The molecule has 1 aromatic rings. The van der Waals surface area contributed by atoms with Gasteiger partial charge in [0.1, 0.15) is 0 Å². The molecule has 110 valence electrons. The van der Waals surface area contributed by atoms with Crippen molar-refractivity contribution in [3.8, 4) is 0 Å². The van der Waals surface area contributed by atoms with Crippen LogP contribution in [0.25, 0.3) is 0 Å². The summed E-state index contributed by atoms with van der Waals surface area (Å²) in [5.74, 6) is 0.261. The molecule has 0 aromatic heterocycles. The number of nitrogens with zero attached hydrogens (tertiary/aromatic N) is 1. The number of rotatable bonds is 1. The fourth-order valence-electron chi connectivity index (χ4n) is 4.40. The normalized spacial score (nSPS) is 41.0. The maximum Gasteiger partial charge on any atom is 0.238 e. The number of hydrogen-bond donors (Lipinski definition) is 0. The molecule has 2 bridgehead atoms. The highest BCUT2D eigenvalue weighted by Gasteiger charge is 2.66. The van der Waals surface area contributed by atoms with Crippen molar-refractivity contribution < 1.29 is 9.59 Å². The van der Waals surface area contributed by atoms with E-state index < -0.39 is 0 Å². The summed E-state index contributed by atoms with van der Waals surface area (Å²) >= 11 is 7.41. The van der Waals surface area contributed by atoms with Crippen LogP contribution in [0.2, 0.25) is 0 Å². The van der Waals surface area contributed by atoms with Crippen molar-refractivity contribution in [2.75, 3.05) is 4.90 Å². The fraction of sp³-hybridized carbons (Fsp3) is 0.500. The molecule has 0 N–H and O–H groups in total. The van der Waals surface area contributed by atoms with Crippen LogP contribution in [0.15, 0.2) is 24.3 Å². The Morgan fingerprint density at radius 1 is 1.00 bits per heavy atom. The Kier molecular flexibility index (Phi) is 3.09. The molecule has 3 aliphatic rings. The minimum atomic E-state index is -0.139. The number of anilines is 1. The van der Waals surface area contributed by atoms with Crippen LogP contribution in [0.3, 0.4) is 0 Å². The van der Waals surface area contributed by atoms with Crippen molar-refractivity contribution in [3.05, 3.63) is 29.8 Å². The van der Waals surface area contributed by atoms with Gasteiger partial charge in [-0.3, -0.25) is 9.59 Å². The number of hydrogen-bond acceptors (Lipinski definition) is 2. The van der Waals surface area contributed by atoms with Crippen molar-refractivity contribution >= 4 is 49.4 Å². The first-order valence-corrected chi connectivity index (χ1v) is 9.07. The Morgan fingerprint density at radius 3 is 2.05 bits per heavy atom. The summed E-state index contributed by atoms with van der Waals surface area (Å²) in [6, 6.07) is 7.62. The number of fused-ring (bicyclic) bond motifs is 5. The molecule has 21 heavy (non-hydrogen) atoms. The van der Waals surface area contributed by atoms with Crippen molar-refractivity contribution in [3.63, 3.8) is 0 Å². The number of amides is 2. The Morgan fingerprint density at radius 2 is 1.52 bits per heavy atom. The van der Waals surface area contributed by atoms with Gasteiger partial charge in [0.05, 0.1) is 17.5 Å². The second kappa shape index (κ2) is 4.66. The van der Waals surface area contributed by atoms with E-state index in [0.29, 0.717) is 0 Å². The Labute approximate surface area is 140 Å². The van der Waals surface area contributed by atoms with Crippen LogP contribution < -0.4 is 4.90 Å². The van der Waals surface area contributed by atoms with Gasteiger partial charge < -0.3 is 0 Å². The molecule has 0 unspecified atom stereocenters. The van der Waals surface area contributed by atoms with Crippen LogP contribution in [0.4, 0.5) is 5.69 Å². The molecule has 0 spiro atoms. The standard InChI is InChI=1S/C16H15Br2NO2/c1-7-4-2-3-5-10(7)19-15(20)11-8-6-9(12(11)16(19)21)14(18)13(8)17/h2-5,8-9,11-14H,6H2,1H3/t8-,9+,11+,12-,13+,14-. The maximum absolute atomic E-state index is 12.9. The first-order chi connectivity index (χ1) is 10.0. The lowest BCUT2D eigenvalue weighted by Crippen LogP contribution is -2.37. The van der Waals surface area contributed by atoms with Gasteiger partial charge in [0.15, 0.2) is 0 Å². The van der Waals surface area contributed by atoms with Crippen LogP contribution in [0, 0.1) is 30.6 Å². The van der Waals surface area contributed by atoms with Crippen molar-refractivity contribution in [1.82, 2.24) is 0 Å². The SMILES string of the molecule is Cc1ccccc1N1C(=O)[C@@H]2[C@@H]3C[C@@H]([C@H](Br)[C@@H]3Br)[C@@H]2C1=O. The van der Waals surface area contributed by atoms with E-state index in [9.17, 15) is 9.59 Å². The summed E-state index contributed by atoms with van der Waals surface area (Å²) in [6.07, 6.45) is 0.972. The average Bonchev–Trinajstić information content (AvgIpc) is 3.06. The highest BCUT2D eigenvalue weighted by atomic mass is 79.9. The van der Waals surface area contributed by atoms with Gasteiger partial charge in [-0.15, -0.1) is 0 Å². The fourth-order valence-corrected chi connectivity index (χ4v) is 6.27. The number of benzene rings is 1. The number of alkyl halides is 2. The van der Waals surface area contributed by atoms with E-state index in [1.165, 1.54) is 4.90 Å². The molecule has 3 fully saturated rings. The monoisotopic (exact) mass is 411 g/mol. The van der Waals surface area contributed by atoms with Gasteiger partial charge in [-0.1, -0.05) is 50.1 Å². The van der Waals surface area contributed by atoms with E-state index in [-0.39, 0.29) is 45.1 Å². The van der Waals surface area contributed by atoms with Crippen LogP contribution in [0.5, 0.6) is 0 Å². The largest absolute Gasteiger partial charge is 0.274 e. The van der Waals surface area contributed by atoms with Crippen LogP contribution in [-0.2, 0) is 9.59 Å². The van der Waals surface area contributed by atoms with Crippen LogP contribution in [-0.4, -0.2) is 21.5 Å². The third-order valence-electron chi connectivity index (χ3n) is 5.34. The molecule has 1 aromatic carbocycles. The predicted octanol–water partition coefficient (Wildman–Crippen LogP) is 3.28. The number of carbonyl (C=O) groups excluding carboxylic acids is 2. The van der Waals surface area contributed by atoms with Gasteiger partial charge in [-0.05, 0) is 36.8 Å². The van der Waals surface area contributed by atoms with Crippen LogP contribution >= 0.6 is 31.9 Å². The summed E-state index contributed by atoms with van der Waals surface area (Å²) in [5, 5.41) is 0. The van der Waals surface area contributed by atoms with E-state index in [0.717, 1.165) is 17.7 Å². The molecular formula is C16H15Br2NO2. The third-order valence-corrected chi connectivity index (χ3v) is 8.55. The highest BCUT2D eigenvalue weighted by Crippen LogP contribution is 2.60. The van der Waals surface area contributed by atoms with Crippen LogP contribution in [0.1, 0.15) is 12.0 Å². The van der Waals surface area contributed by atoms with Gasteiger partial charge in [0.25, 0.3) is 0 Å². The molecule has 1 aliphatic heterocycles. The molecule has 1 saturated heterocycles. The summed E-state index contributed by atoms with van der Waals surface area (Å²) in [5.41, 5.74) is 1.72. The molecule has 2 saturated carbocycles. The van der Waals surface area contributed by atoms with Crippen molar-refractivity contribution in [2.45, 2.75) is 23.0 Å². The summed E-state index contributed by atoms with van der Waals surface area (Å²) < 4.78 is 0. The van der Waals surface area contributed by atoms with Gasteiger partial charge in [-0.25, -0.2) is 4.90 Å². The summed E-state index contributed by atoms with van der Waals surface area (Å²) in [6.45, 7) is 1.94. The van der Waals surface area contributed by atoms with E-state index in [1.54, 1.807) is 0 Å². The lowest BCUT2D eigenvalue weighted by molar-refractivity contribution is -0.123. The minimum absolute atomic E-state index is 0.00403. The molecule has 2 aliphatic carbocycles. The Balaban J connectivity index is 1.77. The average molecular weight is 413 g/mol. The number of para-hydroxylation sites is 1. The van der Waals surface area contributed by atoms with Gasteiger partial charge in [0, 0.05) is 9.65 Å². The number of imide groups is 1. The summed E-state index contributed by atoms with van der Waals surface area (Å²) in [4.78, 5) is 27.7. The smallest absolute Gasteiger partial charge is 0.238 e. The van der Waals surface area contributed by atoms with Gasteiger partial charge in [0.2, 0.25) is 11.8 Å². The first-order valence-electron chi connectivity index (χ1n) is 7.24. The molecular weight excluding hydrogens is 398 g/mol. The zero-order valence-electron chi connectivity index (χ0n) is 11.5. The number of halogens is 2. The molecule has 6 atom stereocenters. The highest BCUT2D eigenvalue weighted by molar-refractivity contribution is 9.12. The van der Waals surface area contributed by atoms with E-state index >= 15 is 0 Å². The lowest BCUT2D eigenvalue weighted by Gasteiger charge is -2.28. The van der Waals surface area contributed by atoms with E-state index in [1.807, 2.05) is 31.2 Å². The summed E-state index contributed by atoms with van der Waals surface area (Å²) in [7, 11) is 0. The lowest BCUT2D eigenvalue weighted by atomic mass is 9.81. The van der Waals surface area contributed by atoms with Crippen molar-refractivity contribution in [1.29, 1.82) is 0 Å². The first kappa shape index (κ1) is 13.9. The zero-order chi connectivity index (χ0) is 14.9. The van der Waals surface area contributed by atoms with E-state index in [4.69, 9.17) is 0 Å². The Bertz CT molecular complexity index is 615. The molecule has 4 rings (SSSR count). The molecule has 3 nitrogen and oxygen atoms in total. The molecule has 1 heterocycles. The second-order valence-electron chi connectivity index (χ2n) is 6.30. The molecule has 0 radical (unpaired) electrons. The van der Waals surface area contributed by atoms with Gasteiger partial charge >= 0.3 is 0 Å². The van der Waals surface area contributed by atoms with Crippen molar-refractivity contribution in [2.24, 2.45) is 23.7 Å². The quantitative estimate of drug-likeness (QED) is 0.524. The molecule has 5 heteroatoms. The number of aryl methyl sites for hydroxylation is 1. The number of carbonyl (C=O) groups is 2. The Hall–Kier alpha value is -0.680. The second-order valence-corrected chi connectivity index (χ2v) is 8.42. The molecule has 2 amide bonds. The third kappa shape index (κ3) is 1.70. The predicted molar refractivity (Wildman–Crippen MR) is 87.7 cm³/mol. The zero-order valence-corrected chi connectivity index (χ0v) is 14.7. The van der Waals surface area contributed by atoms with Gasteiger partial charge in [-0.2, -0.15) is 0 Å². The maximum atomic E-state index is 12.9. The minimum Gasteiger partial charge on any atom is -0.274 e. The van der Waals surface area contributed by atoms with E-state index in [2.05, 4.69) is 31.9 Å².